The van der Waals surface area contributed by atoms with E-state index in [0.29, 0.717) is 17.1 Å². The molecule has 0 saturated heterocycles. The Bertz CT molecular complexity index is 1080. The summed E-state index contributed by atoms with van der Waals surface area (Å²) >= 11 is 0. The van der Waals surface area contributed by atoms with Crippen molar-refractivity contribution in [3.8, 4) is 0 Å². The monoisotopic (exact) mass is 430 g/mol. The normalized spacial score (nSPS) is 11.2. The van der Waals surface area contributed by atoms with Crippen LogP contribution >= 0.6 is 0 Å². The van der Waals surface area contributed by atoms with Crippen LogP contribution in [0.15, 0.2) is 78.9 Å². The number of nitrogens with one attached hydrogen (secondary N) is 4. The highest BCUT2D eigenvalue weighted by atomic mass is 16.2. The van der Waals surface area contributed by atoms with Gasteiger partial charge in [-0.05, 0) is 42.8 Å². The zero-order valence-electron chi connectivity index (χ0n) is 18.0. The van der Waals surface area contributed by atoms with E-state index in [1.165, 1.54) is 6.92 Å². The van der Waals surface area contributed by atoms with Gasteiger partial charge in [0.2, 0.25) is 11.8 Å². The van der Waals surface area contributed by atoms with Crippen molar-refractivity contribution in [3.05, 3.63) is 90.0 Å². The molecule has 164 valence electrons. The second-order valence-electron chi connectivity index (χ2n) is 7.44. The second kappa shape index (κ2) is 10.8. The van der Waals surface area contributed by atoms with Gasteiger partial charge in [0.25, 0.3) is 0 Å². The smallest absolute Gasteiger partial charge is 0.323 e. The van der Waals surface area contributed by atoms with Crippen LogP contribution in [0.2, 0.25) is 0 Å². The van der Waals surface area contributed by atoms with Crippen LogP contribution in [0.25, 0.3) is 0 Å². The summed E-state index contributed by atoms with van der Waals surface area (Å²) in [6.07, 6.45) is 0.0782. The Labute approximate surface area is 187 Å². The van der Waals surface area contributed by atoms with Gasteiger partial charge in [-0.25, -0.2) is 4.79 Å². The van der Waals surface area contributed by atoms with Crippen LogP contribution in [0, 0.1) is 6.92 Å². The number of carbonyl (C=O) groups excluding carboxylic acids is 3. The van der Waals surface area contributed by atoms with Crippen LogP contribution in [0.3, 0.4) is 0 Å². The number of anilines is 3. The SMILES string of the molecule is CC(=O)NC(CC(=O)Nc1cccc(NC(=O)Nc2ccccc2)c1)c1ccc(C)cc1. The number of rotatable bonds is 7. The zero-order valence-corrected chi connectivity index (χ0v) is 18.0. The third kappa shape index (κ3) is 6.98. The first kappa shape index (κ1) is 22.6. The fourth-order valence-electron chi connectivity index (χ4n) is 3.18. The molecule has 1 unspecified atom stereocenters. The van der Waals surface area contributed by atoms with Gasteiger partial charge < -0.3 is 21.3 Å². The van der Waals surface area contributed by atoms with Crippen LogP contribution in [0.4, 0.5) is 21.9 Å². The number of benzene rings is 3. The lowest BCUT2D eigenvalue weighted by Gasteiger charge is -2.18. The summed E-state index contributed by atoms with van der Waals surface area (Å²) in [6.45, 7) is 3.40. The first-order chi connectivity index (χ1) is 15.4. The van der Waals surface area contributed by atoms with Gasteiger partial charge in [0, 0.05) is 24.0 Å². The molecular formula is C25H26N4O3. The lowest BCUT2D eigenvalue weighted by molar-refractivity contribution is -0.120. The van der Waals surface area contributed by atoms with Crippen molar-refractivity contribution in [3.63, 3.8) is 0 Å². The van der Waals surface area contributed by atoms with Crippen molar-refractivity contribution < 1.29 is 14.4 Å². The highest BCUT2D eigenvalue weighted by Crippen LogP contribution is 2.20. The topological polar surface area (TPSA) is 99.3 Å². The standard InChI is InChI=1S/C25H26N4O3/c1-17-11-13-19(14-12-17)23(26-18(2)30)16-24(31)27-21-9-6-10-22(15-21)29-25(32)28-20-7-4-3-5-8-20/h3-15,23H,16H2,1-2H3,(H,26,30)(H,27,31)(H2,28,29,32). The maximum atomic E-state index is 12.7. The predicted molar refractivity (Wildman–Crippen MR) is 127 cm³/mol. The van der Waals surface area contributed by atoms with Crippen LogP contribution in [-0.2, 0) is 9.59 Å². The van der Waals surface area contributed by atoms with Gasteiger partial charge >= 0.3 is 6.03 Å². The van der Waals surface area contributed by atoms with E-state index in [0.717, 1.165) is 11.1 Å². The average Bonchev–Trinajstić information content (AvgIpc) is 2.74. The van der Waals surface area contributed by atoms with Gasteiger partial charge in [-0.2, -0.15) is 0 Å². The van der Waals surface area contributed by atoms with E-state index in [2.05, 4.69) is 21.3 Å². The highest BCUT2D eigenvalue weighted by Gasteiger charge is 2.17. The highest BCUT2D eigenvalue weighted by molar-refractivity contribution is 6.00. The Balaban J connectivity index is 1.61. The molecule has 3 aromatic rings. The summed E-state index contributed by atoms with van der Waals surface area (Å²) in [7, 11) is 0. The van der Waals surface area contributed by atoms with Crippen molar-refractivity contribution in [2.24, 2.45) is 0 Å². The molecule has 32 heavy (non-hydrogen) atoms. The molecule has 3 rings (SSSR count). The molecule has 0 radical (unpaired) electrons. The molecule has 0 fully saturated rings. The molecule has 0 aliphatic heterocycles. The van der Waals surface area contributed by atoms with E-state index in [1.807, 2.05) is 49.4 Å². The fraction of sp³-hybridized carbons (Fsp3) is 0.160. The van der Waals surface area contributed by atoms with E-state index in [9.17, 15) is 14.4 Å². The summed E-state index contributed by atoms with van der Waals surface area (Å²) in [5.74, 6) is -0.464. The zero-order chi connectivity index (χ0) is 22.9. The molecule has 1 atom stereocenters. The van der Waals surface area contributed by atoms with E-state index in [-0.39, 0.29) is 24.3 Å². The largest absolute Gasteiger partial charge is 0.349 e. The molecule has 4 N–H and O–H groups in total. The summed E-state index contributed by atoms with van der Waals surface area (Å²) in [5, 5.41) is 11.1. The Morgan fingerprint density at radius 2 is 1.34 bits per heavy atom. The Morgan fingerprint density at radius 1 is 0.750 bits per heavy atom. The molecule has 0 aromatic heterocycles. The fourth-order valence-corrected chi connectivity index (χ4v) is 3.18. The van der Waals surface area contributed by atoms with E-state index in [1.54, 1.807) is 36.4 Å². The van der Waals surface area contributed by atoms with Gasteiger partial charge in [-0.1, -0.05) is 54.1 Å². The minimum atomic E-state index is -0.439. The van der Waals surface area contributed by atoms with Crippen LogP contribution in [0.1, 0.15) is 30.5 Å². The van der Waals surface area contributed by atoms with Crippen LogP contribution in [-0.4, -0.2) is 17.8 Å². The van der Waals surface area contributed by atoms with Gasteiger partial charge in [0.15, 0.2) is 0 Å². The van der Waals surface area contributed by atoms with Gasteiger partial charge in [0.05, 0.1) is 12.5 Å². The van der Waals surface area contributed by atoms with E-state index >= 15 is 0 Å². The van der Waals surface area contributed by atoms with Crippen LogP contribution < -0.4 is 21.3 Å². The van der Waals surface area contributed by atoms with Gasteiger partial charge in [-0.3, -0.25) is 9.59 Å². The number of hydrogen-bond acceptors (Lipinski definition) is 3. The maximum Gasteiger partial charge on any atom is 0.323 e. The molecule has 7 heteroatoms. The van der Waals surface area contributed by atoms with Gasteiger partial charge in [-0.15, -0.1) is 0 Å². The molecule has 0 heterocycles. The molecule has 0 aliphatic carbocycles. The minimum Gasteiger partial charge on any atom is -0.349 e. The molecule has 0 saturated carbocycles. The lowest BCUT2D eigenvalue weighted by Crippen LogP contribution is -2.29. The number of amides is 4. The van der Waals surface area contributed by atoms with Crippen molar-refractivity contribution in [2.45, 2.75) is 26.3 Å². The van der Waals surface area contributed by atoms with Crippen LogP contribution in [0.5, 0.6) is 0 Å². The molecule has 3 aromatic carbocycles. The van der Waals surface area contributed by atoms with Crippen molar-refractivity contribution in [2.75, 3.05) is 16.0 Å². The molecule has 4 amide bonds. The molecule has 7 nitrogen and oxygen atoms in total. The van der Waals surface area contributed by atoms with E-state index in [4.69, 9.17) is 0 Å². The minimum absolute atomic E-state index is 0.0782. The lowest BCUT2D eigenvalue weighted by atomic mass is 10.0. The van der Waals surface area contributed by atoms with Crippen molar-refractivity contribution >= 4 is 34.9 Å². The third-order valence-corrected chi connectivity index (χ3v) is 4.68. The average molecular weight is 431 g/mol. The first-order valence-corrected chi connectivity index (χ1v) is 10.3. The quantitative estimate of drug-likeness (QED) is 0.431. The molecule has 0 bridgehead atoms. The number of para-hydroxylation sites is 1. The number of hydrogen-bond donors (Lipinski definition) is 4. The summed E-state index contributed by atoms with van der Waals surface area (Å²) in [5.41, 5.74) is 3.70. The van der Waals surface area contributed by atoms with Crippen molar-refractivity contribution in [1.82, 2.24) is 5.32 Å². The summed E-state index contributed by atoms with van der Waals surface area (Å²) in [6, 6.07) is 22.8. The molecular weight excluding hydrogens is 404 g/mol. The third-order valence-electron chi connectivity index (χ3n) is 4.68. The van der Waals surface area contributed by atoms with Gasteiger partial charge in [0.1, 0.15) is 0 Å². The first-order valence-electron chi connectivity index (χ1n) is 10.3. The Kier molecular flexibility index (Phi) is 7.59. The second-order valence-corrected chi connectivity index (χ2v) is 7.44. The number of urea groups is 1. The summed E-state index contributed by atoms with van der Waals surface area (Å²) in [4.78, 5) is 36.5. The maximum absolute atomic E-state index is 12.7. The molecule has 0 spiro atoms. The molecule has 0 aliphatic rings. The Hall–Kier alpha value is -4.13. The van der Waals surface area contributed by atoms with E-state index < -0.39 is 6.04 Å². The number of aryl methyl sites for hydroxylation is 1. The number of carbonyl (C=O) groups is 3. The summed E-state index contributed by atoms with van der Waals surface area (Å²) < 4.78 is 0. The van der Waals surface area contributed by atoms with Crippen molar-refractivity contribution in [1.29, 1.82) is 0 Å². The Morgan fingerprint density at radius 3 is 2.00 bits per heavy atom. The predicted octanol–water partition coefficient (Wildman–Crippen LogP) is 4.85.